The van der Waals surface area contributed by atoms with Crippen LogP contribution in [0.25, 0.3) is 0 Å². The Bertz CT molecular complexity index is 269. The van der Waals surface area contributed by atoms with E-state index in [1.54, 1.807) is 6.92 Å². The van der Waals surface area contributed by atoms with Crippen LogP contribution in [0.5, 0.6) is 0 Å². The summed E-state index contributed by atoms with van der Waals surface area (Å²) in [4.78, 5) is 23.7. The normalized spacial score (nSPS) is 27.8. The number of hydrogen-bond acceptors (Lipinski definition) is 4. The molecule has 0 saturated carbocycles. The number of β-amino-alcohol motifs (C(OH)–C–C–N with tert-alkyl or cyclic N) is 1. The van der Waals surface area contributed by atoms with E-state index in [-0.39, 0.29) is 25.4 Å². The molecule has 1 aliphatic rings. The van der Waals surface area contributed by atoms with Crippen molar-refractivity contribution in [2.24, 2.45) is 11.7 Å². The van der Waals surface area contributed by atoms with Crippen LogP contribution in [0.2, 0.25) is 0 Å². The molecule has 1 amide bonds. The maximum atomic E-state index is 11.7. The highest BCUT2D eigenvalue weighted by molar-refractivity contribution is 5.85. The van der Waals surface area contributed by atoms with Crippen LogP contribution in [-0.2, 0) is 9.59 Å². The Balaban J connectivity index is 2.75. The Kier molecular flexibility index (Phi) is 3.65. The van der Waals surface area contributed by atoms with Gasteiger partial charge in [-0.3, -0.25) is 4.79 Å². The molecule has 6 heteroatoms. The third-order valence-electron chi connectivity index (χ3n) is 2.62. The topological polar surface area (TPSA) is 104 Å². The van der Waals surface area contributed by atoms with Gasteiger partial charge in [0, 0.05) is 25.4 Å². The number of nitrogens with two attached hydrogens (primary N) is 1. The van der Waals surface area contributed by atoms with Gasteiger partial charge in [-0.15, -0.1) is 0 Å². The Morgan fingerprint density at radius 2 is 2.20 bits per heavy atom. The summed E-state index contributed by atoms with van der Waals surface area (Å²) in [7, 11) is 0. The van der Waals surface area contributed by atoms with Crippen molar-refractivity contribution >= 4 is 11.9 Å². The number of aliphatic carboxylic acids is 1. The third kappa shape index (κ3) is 2.45. The van der Waals surface area contributed by atoms with E-state index in [1.165, 1.54) is 4.90 Å². The number of hydrogen-bond donors (Lipinski definition) is 3. The fourth-order valence-electron chi connectivity index (χ4n) is 1.68. The molecule has 0 bridgehead atoms. The second kappa shape index (κ2) is 4.59. The molecule has 2 unspecified atom stereocenters. The average Bonchev–Trinajstić information content (AvgIpc) is 2.58. The highest BCUT2D eigenvalue weighted by Crippen LogP contribution is 2.20. The van der Waals surface area contributed by atoms with Gasteiger partial charge in [0.2, 0.25) is 5.91 Å². The quantitative estimate of drug-likeness (QED) is 0.540. The molecule has 0 aliphatic carbocycles. The lowest BCUT2D eigenvalue weighted by Gasteiger charge is -2.23. The summed E-state index contributed by atoms with van der Waals surface area (Å²) in [5, 5.41) is 18.2. The van der Waals surface area contributed by atoms with Crippen molar-refractivity contribution in [3.63, 3.8) is 0 Å². The highest BCUT2D eigenvalue weighted by Gasteiger charge is 2.39. The molecule has 3 atom stereocenters. The molecule has 1 aliphatic heterocycles. The molecule has 4 N–H and O–H groups in total. The van der Waals surface area contributed by atoms with Gasteiger partial charge in [0.15, 0.2) is 0 Å². The minimum absolute atomic E-state index is 0.0835. The molecule has 0 aromatic carbocycles. The molecule has 0 radical (unpaired) electrons. The van der Waals surface area contributed by atoms with E-state index in [9.17, 15) is 14.7 Å². The van der Waals surface area contributed by atoms with Crippen molar-refractivity contribution < 1.29 is 19.8 Å². The van der Waals surface area contributed by atoms with Crippen LogP contribution in [0.3, 0.4) is 0 Å². The smallest absolute Gasteiger partial charge is 0.326 e. The summed E-state index contributed by atoms with van der Waals surface area (Å²) >= 11 is 0. The largest absolute Gasteiger partial charge is 0.480 e. The fourth-order valence-corrected chi connectivity index (χ4v) is 1.68. The molecule has 0 spiro atoms. The number of carbonyl (C=O) groups excluding carboxylic acids is 1. The van der Waals surface area contributed by atoms with Crippen LogP contribution in [0.15, 0.2) is 0 Å². The van der Waals surface area contributed by atoms with Gasteiger partial charge in [-0.05, 0) is 0 Å². The number of carbonyl (C=O) groups is 2. The Labute approximate surface area is 87.7 Å². The lowest BCUT2D eigenvalue weighted by molar-refractivity contribution is -0.149. The predicted octanol–water partition coefficient (Wildman–Crippen LogP) is -1.37. The molecule has 0 aromatic rings. The molecule has 15 heavy (non-hydrogen) atoms. The molecule has 1 rings (SSSR count). The van der Waals surface area contributed by atoms with E-state index in [4.69, 9.17) is 10.8 Å². The second-order valence-electron chi connectivity index (χ2n) is 3.87. The maximum absolute atomic E-state index is 11.7. The number of likely N-dealkylation sites (tertiary alicyclic amines) is 1. The number of aliphatic hydroxyl groups excluding tert-OH is 1. The SMILES string of the molecule is CC(CN)C(=O)N1CC(O)C[C@H]1C(=O)O. The first kappa shape index (κ1) is 11.9. The average molecular weight is 216 g/mol. The number of amides is 1. The van der Waals surface area contributed by atoms with Gasteiger partial charge in [-0.1, -0.05) is 6.92 Å². The Morgan fingerprint density at radius 1 is 1.60 bits per heavy atom. The molecular formula is C9H16N2O4. The third-order valence-corrected chi connectivity index (χ3v) is 2.62. The molecule has 86 valence electrons. The number of nitrogens with zero attached hydrogens (tertiary/aromatic N) is 1. The monoisotopic (exact) mass is 216 g/mol. The Morgan fingerprint density at radius 3 is 2.67 bits per heavy atom. The van der Waals surface area contributed by atoms with E-state index >= 15 is 0 Å². The molecule has 0 aromatic heterocycles. The van der Waals surface area contributed by atoms with Gasteiger partial charge in [0.25, 0.3) is 0 Å². The lowest BCUT2D eigenvalue weighted by Crippen LogP contribution is -2.44. The molecule has 1 saturated heterocycles. The molecule has 1 heterocycles. The summed E-state index contributed by atoms with van der Waals surface area (Å²) in [5.74, 6) is -1.79. The molecular weight excluding hydrogens is 200 g/mol. The van der Waals surface area contributed by atoms with E-state index < -0.39 is 24.0 Å². The minimum atomic E-state index is -1.08. The van der Waals surface area contributed by atoms with Gasteiger partial charge >= 0.3 is 5.97 Å². The van der Waals surface area contributed by atoms with Crippen LogP contribution in [-0.4, -0.2) is 52.2 Å². The zero-order chi connectivity index (χ0) is 11.6. The van der Waals surface area contributed by atoms with Crippen LogP contribution in [0.4, 0.5) is 0 Å². The van der Waals surface area contributed by atoms with Crippen molar-refractivity contribution in [2.75, 3.05) is 13.1 Å². The fraction of sp³-hybridized carbons (Fsp3) is 0.778. The summed E-state index contributed by atoms with van der Waals surface area (Å²) in [6, 6.07) is -0.915. The van der Waals surface area contributed by atoms with Crippen molar-refractivity contribution in [1.82, 2.24) is 4.90 Å². The van der Waals surface area contributed by atoms with Crippen molar-refractivity contribution in [3.8, 4) is 0 Å². The van der Waals surface area contributed by atoms with Crippen LogP contribution >= 0.6 is 0 Å². The maximum Gasteiger partial charge on any atom is 0.326 e. The van der Waals surface area contributed by atoms with Gasteiger partial charge in [-0.2, -0.15) is 0 Å². The highest BCUT2D eigenvalue weighted by atomic mass is 16.4. The van der Waals surface area contributed by atoms with Crippen molar-refractivity contribution in [3.05, 3.63) is 0 Å². The minimum Gasteiger partial charge on any atom is -0.480 e. The lowest BCUT2D eigenvalue weighted by atomic mass is 10.1. The standard InChI is InChI=1S/C9H16N2O4/c1-5(3-10)8(13)11-4-6(12)2-7(11)9(14)15/h5-7,12H,2-4,10H2,1H3,(H,14,15)/t5?,6?,7-/m0/s1. The summed E-state index contributed by atoms with van der Waals surface area (Å²) in [5.41, 5.74) is 5.34. The van der Waals surface area contributed by atoms with Gasteiger partial charge in [0.05, 0.1) is 6.10 Å². The molecule has 6 nitrogen and oxygen atoms in total. The first-order chi connectivity index (χ1) is 6.97. The number of carboxylic acid groups (broad SMARTS) is 1. The van der Waals surface area contributed by atoms with E-state index in [1.807, 2.05) is 0 Å². The van der Waals surface area contributed by atoms with Crippen molar-refractivity contribution in [1.29, 1.82) is 0 Å². The van der Waals surface area contributed by atoms with Crippen LogP contribution in [0.1, 0.15) is 13.3 Å². The number of carboxylic acids is 1. The summed E-state index contributed by atoms with van der Waals surface area (Å²) in [6.07, 6.45) is -0.654. The Hall–Kier alpha value is -1.14. The van der Waals surface area contributed by atoms with Gasteiger partial charge in [0.1, 0.15) is 6.04 Å². The number of rotatable bonds is 3. The van der Waals surface area contributed by atoms with E-state index in [2.05, 4.69) is 0 Å². The second-order valence-corrected chi connectivity index (χ2v) is 3.87. The molecule has 1 fully saturated rings. The predicted molar refractivity (Wildman–Crippen MR) is 52.0 cm³/mol. The van der Waals surface area contributed by atoms with E-state index in [0.29, 0.717) is 0 Å². The van der Waals surface area contributed by atoms with Crippen LogP contribution < -0.4 is 5.73 Å². The van der Waals surface area contributed by atoms with Crippen molar-refractivity contribution in [2.45, 2.75) is 25.5 Å². The zero-order valence-corrected chi connectivity index (χ0v) is 8.59. The van der Waals surface area contributed by atoms with Gasteiger partial charge in [-0.25, -0.2) is 4.79 Å². The summed E-state index contributed by atoms with van der Waals surface area (Å²) < 4.78 is 0. The first-order valence-electron chi connectivity index (χ1n) is 4.88. The van der Waals surface area contributed by atoms with Crippen LogP contribution in [0, 0.1) is 5.92 Å². The zero-order valence-electron chi connectivity index (χ0n) is 8.59. The van der Waals surface area contributed by atoms with E-state index in [0.717, 1.165) is 0 Å². The first-order valence-corrected chi connectivity index (χ1v) is 4.88. The summed E-state index contributed by atoms with van der Waals surface area (Å²) in [6.45, 7) is 1.91. The van der Waals surface area contributed by atoms with Gasteiger partial charge < -0.3 is 20.8 Å². The number of aliphatic hydroxyl groups is 1.